The lowest BCUT2D eigenvalue weighted by molar-refractivity contribution is -0.115. The maximum absolute atomic E-state index is 12.8. The Balaban J connectivity index is 1.33. The molecule has 2 aromatic carbocycles. The normalized spacial score (nSPS) is 12.1. The fourth-order valence-corrected chi connectivity index (χ4v) is 4.01. The van der Waals surface area contributed by atoms with Gasteiger partial charge in [-0.3, -0.25) is 14.8 Å². The zero-order valence-electron chi connectivity index (χ0n) is 18.8. The number of anilines is 1. The molecule has 4 heterocycles. The van der Waals surface area contributed by atoms with Crippen molar-refractivity contribution in [1.29, 1.82) is 0 Å². The van der Waals surface area contributed by atoms with Gasteiger partial charge in [0, 0.05) is 35.4 Å². The van der Waals surface area contributed by atoms with Gasteiger partial charge in [-0.15, -0.1) is 0 Å². The maximum atomic E-state index is 12.8. The Bertz CT molecular complexity index is 1580. The number of carbonyl (C=O) groups excluding carboxylic acids is 1. The van der Waals surface area contributed by atoms with Gasteiger partial charge in [0.25, 0.3) is 0 Å². The molecule has 6 rings (SSSR count). The first kappa shape index (κ1) is 20.8. The molecule has 0 saturated carbocycles. The topological polar surface area (TPSA) is 104 Å². The summed E-state index contributed by atoms with van der Waals surface area (Å²) in [6.45, 7) is 2.11. The molecule has 1 N–H and O–H groups in total. The zero-order chi connectivity index (χ0) is 23.8. The van der Waals surface area contributed by atoms with Crippen LogP contribution in [0.4, 0.5) is 5.69 Å². The number of benzene rings is 2. The Morgan fingerprint density at radius 1 is 0.971 bits per heavy atom. The van der Waals surface area contributed by atoms with E-state index in [1.807, 2.05) is 49.4 Å². The number of aromatic nitrogens is 5. The van der Waals surface area contributed by atoms with Crippen molar-refractivity contribution >= 4 is 22.6 Å². The van der Waals surface area contributed by atoms with E-state index in [1.54, 1.807) is 35.3 Å². The number of pyridine rings is 1. The first-order valence-electron chi connectivity index (χ1n) is 11.1. The van der Waals surface area contributed by atoms with E-state index in [-0.39, 0.29) is 19.1 Å². The Labute approximate surface area is 200 Å². The number of hydrogen-bond acceptors (Lipinski definition) is 7. The van der Waals surface area contributed by atoms with Gasteiger partial charge in [0.2, 0.25) is 12.7 Å². The van der Waals surface area contributed by atoms with Gasteiger partial charge in [0.1, 0.15) is 0 Å². The SMILES string of the molecule is Cc1cccc(-n2nc(CC(=O)Nc3ccc4c(c3)OCO4)cc2-c2ccc3nccnc3c2)n1. The quantitative estimate of drug-likeness (QED) is 0.418. The number of hydrogen-bond donors (Lipinski definition) is 1. The van der Waals surface area contributed by atoms with Gasteiger partial charge >= 0.3 is 0 Å². The molecule has 172 valence electrons. The molecule has 0 bridgehead atoms. The first-order valence-corrected chi connectivity index (χ1v) is 11.1. The van der Waals surface area contributed by atoms with Gasteiger partial charge in [-0.1, -0.05) is 12.1 Å². The van der Waals surface area contributed by atoms with E-state index in [0.717, 1.165) is 28.0 Å². The summed E-state index contributed by atoms with van der Waals surface area (Å²) in [5.41, 5.74) is 5.40. The van der Waals surface area contributed by atoms with Crippen molar-refractivity contribution in [2.24, 2.45) is 0 Å². The van der Waals surface area contributed by atoms with Crippen molar-refractivity contribution in [3.8, 4) is 28.6 Å². The molecule has 0 fully saturated rings. The highest BCUT2D eigenvalue weighted by Crippen LogP contribution is 2.34. The number of rotatable bonds is 5. The van der Waals surface area contributed by atoms with Crippen LogP contribution >= 0.6 is 0 Å². The third-order valence-corrected chi connectivity index (χ3v) is 5.61. The Morgan fingerprint density at radius 3 is 2.71 bits per heavy atom. The molecule has 9 nitrogen and oxygen atoms in total. The van der Waals surface area contributed by atoms with Crippen LogP contribution in [0.5, 0.6) is 11.5 Å². The van der Waals surface area contributed by atoms with Crippen LogP contribution in [0.3, 0.4) is 0 Å². The van der Waals surface area contributed by atoms with E-state index >= 15 is 0 Å². The second-order valence-corrected chi connectivity index (χ2v) is 8.12. The molecule has 0 spiro atoms. The Kier molecular flexibility index (Phi) is 5.07. The summed E-state index contributed by atoms with van der Waals surface area (Å²) in [6.07, 6.45) is 3.42. The van der Waals surface area contributed by atoms with E-state index in [2.05, 4.69) is 20.3 Å². The van der Waals surface area contributed by atoms with Crippen LogP contribution in [0, 0.1) is 6.92 Å². The number of nitrogens with zero attached hydrogens (tertiary/aromatic N) is 5. The van der Waals surface area contributed by atoms with Crippen LogP contribution in [-0.2, 0) is 11.2 Å². The molecule has 1 amide bonds. The lowest BCUT2D eigenvalue weighted by atomic mass is 10.1. The minimum Gasteiger partial charge on any atom is -0.454 e. The number of fused-ring (bicyclic) bond motifs is 2. The predicted molar refractivity (Wildman–Crippen MR) is 130 cm³/mol. The van der Waals surface area contributed by atoms with Gasteiger partial charge in [0.15, 0.2) is 17.3 Å². The molecule has 0 saturated heterocycles. The smallest absolute Gasteiger partial charge is 0.231 e. The summed E-state index contributed by atoms with van der Waals surface area (Å²) in [5, 5.41) is 7.63. The third-order valence-electron chi connectivity index (χ3n) is 5.61. The predicted octanol–water partition coefficient (Wildman–Crippen LogP) is 4.10. The van der Waals surface area contributed by atoms with Gasteiger partial charge in [-0.25, -0.2) is 9.67 Å². The van der Waals surface area contributed by atoms with Crippen LogP contribution in [0.25, 0.3) is 28.1 Å². The lowest BCUT2D eigenvalue weighted by Crippen LogP contribution is -2.15. The Hall–Kier alpha value is -4.79. The first-order chi connectivity index (χ1) is 17.1. The van der Waals surface area contributed by atoms with Gasteiger partial charge in [-0.05, 0) is 49.4 Å². The third kappa shape index (κ3) is 4.15. The second kappa shape index (κ2) is 8.53. The number of nitrogens with one attached hydrogen (secondary N) is 1. The van der Waals surface area contributed by atoms with Crippen LogP contribution in [-0.4, -0.2) is 37.4 Å². The van der Waals surface area contributed by atoms with Crippen molar-refractivity contribution in [3.05, 3.63) is 84.4 Å². The highest BCUT2D eigenvalue weighted by molar-refractivity contribution is 5.92. The molecular weight excluding hydrogens is 444 g/mol. The van der Waals surface area contributed by atoms with Crippen molar-refractivity contribution in [2.75, 3.05) is 12.1 Å². The van der Waals surface area contributed by atoms with E-state index in [0.29, 0.717) is 28.7 Å². The largest absolute Gasteiger partial charge is 0.454 e. The summed E-state index contributed by atoms with van der Waals surface area (Å²) in [7, 11) is 0. The van der Waals surface area contributed by atoms with Gasteiger partial charge in [0.05, 0.1) is 28.8 Å². The average molecular weight is 464 g/mol. The minimum atomic E-state index is -0.193. The van der Waals surface area contributed by atoms with Crippen LogP contribution in [0.15, 0.2) is 73.1 Å². The van der Waals surface area contributed by atoms with E-state index in [9.17, 15) is 4.79 Å². The number of ether oxygens (including phenoxy) is 2. The number of amides is 1. The molecule has 3 aromatic heterocycles. The molecule has 1 aliphatic heterocycles. The van der Waals surface area contributed by atoms with E-state index < -0.39 is 0 Å². The zero-order valence-corrected chi connectivity index (χ0v) is 18.8. The highest BCUT2D eigenvalue weighted by atomic mass is 16.7. The van der Waals surface area contributed by atoms with E-state index in [4.69, 9.17) is 14.6 Å². The molecule has 0 aliphatic carbocycles. The molecule has 0 radical (unpaired) electrons. The standard InChI is InChI=1S/C26H20N6O3/c1-16-3-2-4-25(29-16)32-22(17-5-7-20-21(11-17)28-10-9-27-20)12-19(31-32)14-26(33)30-18-6-8-23-24(13-18)35-15-34-23/h2-13H,14-15H2,1H3,(H,30,33). The fraction of sp³-hybridized carbons (Fsp3) is 0.115. The molecule has 5 aromatic rings. The Morgan fingerprint density at radius 2 is 1.83 bits per heavy atom. The maximum Gasteiger partial charge on any atom is 0.231 e. The van der Waals surface area contributed by atoms with Gasteiger partial charge in [-0.2, -0.15) is 5.10 Å². The van der Waals surface area contributed by atoms with Crippen LogP contribution < -0.4 is 14.8 Å². The summed E-state index contributed by atoms with van der Waals surface area (Å²) in [6, 6.07) is 18.8. The lowest BCUT2D eigenvalue weighted by Gasteiger charge is -2.08. The van der Waals surface area contributed by atoms with Crippen LogP contribution in [0.1, 0.15) is 11.4 Å². The van der Waals surface area contributed by atoms with Crippen molar-refractivity contribution in [2.45, 2.75) is 13.3 Å². The summed E-state index contributed by atoms with van der Waals surface area (Å²) >= 11 is 0. The van der Waals surface area contributed by atoms with Crippen molar-refractivity contribution < 1.29 is 14.3 Å². The minimum absolute atomic E-state index is 0.0909. The van der Waals surface area contributed by atoms with E-state index in [1.165, 1.54) is 0 Å². The average Bonchev–Trinajstić information content (AvgIpc) is 3.50. The fourth-order valence-electron chi connectivity index (χ4n) is 4.01. The molecule has 9 heteroatoms. The number of aryl methyl sites for hydroxylation is 1. The molecule has 0 atom stereocenters. The summed E-state index contributed by atoms with van der Waals surface area (Å²) in [5.74, 6) is 1.75. The van der Waals surface area contributed by atoms with Crippen LogP contribution in [0.2, 0.25) is 0 Å². The molecule has 35 heavy (non-hydrogen) atoms. The van der Waals surface area contributed by atoms with Crippen molar-refractivity contribution in [3.63, 3.8) is 0 Å². The monoisotopic (exact) mass is 464 g/mol. The highest BCUT2D eigenvalue weighted by Gasteiger charge is 2.18. The summed E-state index contributed by atoms with van der Waals surface area (Å²) < 4.78 is 12.5. The molecular formula is C26H20N6O3. The van der Waals surface area contributed by atoms with Crippen molar-refractivity contribution in [1.82, 2.24) is 24.7 Å². The molecule has 1 aliphatic rings. The molecule has 0 unspecified atom stereocenters. The summed E-state index contributed by atoms with van der Waals surface area (Å²) in [4.78, 5) is 26.2. The van der Waals surface area contributed by atoms with Gasteiger partial charge < -0.3 is 14.8 Å². The number of carbonyl (C=O) groups is 1. The second-order valence-electron chi connectivity index (χ2n) is 8.12.